The minimum absolute atomic E-state index is 0.112. The number of benzene rings is 1. The van der Waals surface area contributed by atoms with E-state index in [4.69, 9.17) is 24.7 Å². The van der Waals surface area contributed by atoms with Gasteiger partial charge in [-0.05, 0) is 25.0 Å². The van der Waals surface area contributed by atoms with Gasteiger partial charge in [0, 0.05) is 6.54 Å². The molecule has 3 N–H and O–H groups in total. The lowest BCUT2D eigenvalue weighted by atomic mass is 10.1. The molecular weight excluding hydrogens is 316 g/mol. The molecule has 2 rings (SSSR count). The number of amides is 1. The van der Waals surface area contributed by atoms with Gasteiger partial charge in [-0.1, -0.05) is 0 Å². The van der Waals surface area contributed by atoms with Crippen LogP contribution in [0.2, 0.25) is 0 Å². The molecule has 8 nitrogen and oxygen atoms in total. The molecular formula is C16H22N2O6. The van der Waals surface area contributed by atoms with Gasteiger partial charge in [0.05, 0.1) is 38.7 Å². The molecule has 0 saturated carbocycles. The molecule has 1 saturated heterocycles. The molecule has 24 heavy (non-hydrogen) atoms. The topological polar surface area (TPSA) is 109 Å². The highest BCUT2D eigenvalue weighted by molar-refractivity contribution is 5.99. The molecule has 1 fully saturated rings. The third-order valence-corrected chi connectivity index (χ3v) is 3.82. The van der Waals surface area contributed by atoms with Crippen LogP contribution in [0, 0.1) is 0 Å². The fraction of sp³-hybridized carbons (Fsp3) is 0.500. The molecule has 1 aromatic rings. The van der Waals surface area contributed by atoms with Crippen molar-refractivity contribution in [3.05, 3.63) is 17.7 Å². The van der Waals surface area contributed by atoms with Gasteiger partial charge in [0.1, 0.15) is 6.10 Å². The molecule has 132 valence electrons. The first kappa shape index (κ1) is 18.0. The summed E-state index contributed by atoms with van der Waals surface area (Å²) < 4.78 is 20.8. The Kier molecular flexibility index (Phi) is 5.99. The number of carbonyl (C=O) groups excluding carboxylic acids is 2. The first-order chi connectivity index (χ1) is 11.5. The van der Waals surface area contributed by atoms with Gasteiger partial charge in [-0.25, -0.2) is 4.79 Å². The fourth-order valence-corrected chi connectivity index (χ4v) is 2.58. The van der Waals surface area contributed by atoms with Crippen LogP contribution in [0.25, 0.3) is 0 Å². The predicted octanol–water partition coefficient (Wildman–Crippen LogP) is 0.935. The Labute approximate surface area is 140 Å². The maximum Gasteiger partial charge on any atom is 0.338 e. The number of hydrogen-bond donors (Lipinski definition) is 2. The Balaban J connectivity index is 2.27. The van der Waals surface area contributed by atoms with Gasteiger partial charge >= 0.3 is 5.97 Å². The first-order valence-corrected chi connectivity index (χ1v) is 7.54. The van der Waals surface area contributed by atoms with Crippen molar-refractivity contribution in [2.45, 2.75) is 25.0 Å². The van der Waals surface area contributed by atoms with E-state index in [2.05, 4.69) is 5.32 Å². The first-order valence-electron chi connectivity index (χ1n) is 7.54. The predicted molar refractivity (Wildman–Crippen MR) is 86.5 cm³/mol. The Morgan fingerprint density at radius 3 is 2.54 bits per heavy atom. The molecule has 0 spiro atoms. The maximum atomic E-state index is 12.4. The SMILES string of the molecule is COC(=O)c1cc(NC(=O)[C@@H]2CC[C@H](CN)O2)c(OC)c(OC)c1. The van der Waals surface area contributed by atoms with E-state index in [0.29, 0.717) is 30.2 Å². The normalized spacial score (nSPS) is 19.7. The molecule has 1 heterocycles. The number of methoxy groups -OCH3 is 3. The summed E-state index contributed by atoms with van der Waals surface area (Å²) >= 11 is 0. The highest BCUT2D eigenvalue weighted by Crippen LogP contribution is 2.37. The van der Waals surface area contributed by atoms with Crippen molar-refractivity contribution in [2.75, 3.05) is 33.2 Å². The molecule has 2 atom stereocenters. The van der Waals surface area contributed by atoms with Crippen molar-refractivity contribution in [3.63, 3.8) is 0 Å². The Hall–Kier alpha value is -2.32. The van der Waals surface area contributed by atoms with Crippen molar-refractivity contribution in [1.82, 2.24) is 0 Å². The van der Waals surface area contributed by atoms with Gasteiger partial charge in [-0.2, -0.15) is 0 Å². The Morgan fingerprint density at radius 1 is 1.25 bits per heavy atom. The molecule has 0 unspecified atom stereocenters. The summed E-state index contributed by atoms with van der Waals surface area (Å²) in [7, 11) is 4.16. The number of carbonyl (C=O) groups is 2. The third kappa shape index (κ3) is 3.77. The van der Waals surface area contributed by atoms with Gasteiger partial charge in [-0.15, -0.1) is 0 Å². The average Bonchev–Trinajstić information content (AvgIpc) is 3.09. The van der Waals surface area contributed by atoms with E-state index in [1.165, 1.54) is 33.5 Å². The summed E-state index contributed by atoms with van der Waals surface area (Å²) in [4.78, 5) is 24.2. The van der Waals surface area contributed by atoms with E-state index in [1.54, 1.807) is 0 Å². The molecule has 1 aromatic carbocycles. The summed E-state index contributed by atoms with van der Waals surface area (Å²) in [6.45, 7) is 0.374. The van der Waals surface area contributed by atoms with E-state index in [-0.39, 0.29) is 17.6 Å². The summed E-state index contributed by atoms with van der Waals surface area (Å²) in [5.41, 5.74) is 6.10. The summed E-state index contributed by atoms with van der Waals surface area (Å²) in [6.07, 6.45) is 0.621. The lowest BCUT2D eigenvalue weighted by Crippen LogP contribution is -2.30. The van der Waals surface area contributed by atoms with Crippen LogP contribution in [0.1, 0.15) is 23.2 Å². The molecule has 8 heteroatoms. The molecule has 0 aromatic heterocycles. The highest BCUT2D eigenvalue weighted by atomic mass is 16.5. The van der Waals surface area contributed by atoms with Gasteiger partial charge in [0.25, 0.3) is 5.91 Å². The van der Waals surface area contributed by atoms with Crippen molar-refractivity contribution < 1.29 is 28.5 Å². The van der Waals surface area contributed by atoms with Crippen molar-refractivity contribution in [3.8, 4) is 11.5 Å². The van der Waals surface area contributed by atoms with Gasteiger partial charge in [0.15, 0.2) is 11.5 Å². The Morgan fingerprint density at radius 2 is 2.00 bits per heavy atom. The van der Waals surface area contributed by atoms with Gasteiger partial charge in [0.2, 0.25) is 0 Å². The van der Waals surface area contributed by atoms with Crippen LogP contribution >= 0.6 is 0 Å². The van der Waals surface area contributed by atoms with Crippen LogP contribution in [0.15, 0.2) is 12.1 Å². The summed E-state index contributed by atoms with van der Waals surface area (Å²) in [5.74, 6) is -0.255. The van der Waals surface area contributed by atoms with Gasteiger partial charge < -0.3 is 30.0 Å². The highest BCUT2D eigenvalue weighted by Gasteiger charge is 2.31. The number of rotatable bonds is 6. The molecule has 0 aliphatic carbocycles. The lowest BCUT2D eigenvalue weighted by molar-refractivity contribution is -0.126. The van der Waals surface area contributed by atoms with E-state index >= 15 is 0 Å². The van der Waals surface area contributed by atoms with E-state index in [1.807, 2.05) is 0 Å². The Bertz CT molecular complexity index is 619. The average molecular weight is 338 g/mol. The largest absolute Gasteiger partial charge is 0.493 e. The smallest absolute Gasteiger partial charge is 0.338 e. The summed E-state index contributed by atoms with van der Waals surface area (Å²) in [5, 5.41) is 2.72. The molecule has 1 amide bonds. The second-order valence-corrected chi connectivity index (χ2v) is 5.30. The van der Waals surface area contributed by atoms with Crippen molar-refractivity contribution in [2.24, 2.45) is 5.73 Å². The fourth-order valence-electron chi connectivity index (χ4n) is 2.58. The van der Waals surface area contributed by atoms with Crippen LogP contribution in [0.5, 0.6) is 11.5 Å². The lowest BCUT2D eigenvalue weighted by Gasteiger charge is -2.17. The number of ether oxygens (including phenoxy) is 4. The number of esters is 1. The van der Waals surface area contributed by atoms with Crippen LogP contribution < -0.4 is 20.5 Å². The van der Waals surface area contributed by atoms with Crippen LogP contribution in [0.3, 0.4) is 0 Å². The quantitative estimate of drug-likeness (QED) is 0.743. The second-order valence-electron chi connectivity index (χ2n) is 5.30. The zero-order valence-electron chi connectivity index (χ0n) is 14.0. The molecule has 1 aliphatic rings. The third-order valence-electron chi connectivity index (χ3n) is 3.82. The van der Waals surface area contributed by atoms with Crippen LogP contribution in [0.4, 0.5) is 5.69 Å². The maximum absolute atomic E-state index is 12.4. The van der Waals surface area contributed by atoms with E-state index < -0.39 is 12.1 Å². The molecule has 1 aliphatic heterocycles. The van der Waals surface area contributed by atoms with Crippen molar-refractivity contribution in [1.29, 1.82) is 0 Å². The zero-order chi connectivity index (χ0) is 17.7. The number of nitrogens with one attached hydrogen (secondary N) is 1. The monoisotopic (exact) mass is 338 g/mol. The molecule has 0 bridgehead atoms. The minimum atomic E-state index is -0.587. The number of hydrogen-bond acceptors (Lipinski definition) is 7. The van der Waals surface area contributed by atoms with Crippen LogP contribution in [-0.2, 0) is 14.3 Å². The second kappa shape index (κ2) is 7.98. The number of anilines is 1. The zero-order valence-corrected chi connectivity index (χ0v) is 14.0. The summed E-state index contributed by atoms with van der Waals surface area (Å²) in [6, 6.07) is 2.96. The standard InChI is InChI=1S/C16H22N2O6/c1-21-13-7-9(16(20)23-3)6-11(14(13)22-2)18-15(19)12-5-4-10(8-17)24-12/h6-7,10,12H,4-5,8,17H2,1-3H3,(H,18,19)/t10-,12+/m1/s1. The number of nitrogens with two attached hydrogens (primary N) is 1. The van der Waals surface area contributed by atoms with Crippen LogP contribution in [-0.4, -0.2) is 52.0 Å². The molecule has 0 radical (unpaired) electrons. The van der Waals surface area contributed by atoms with Crippen molar-refractivity contribution >= 4 is 17.6 Å². The van der Waals surface area contributed by atoms with Gasteiger partial charge in [-0.3, -0.25) is 4.79 Å². The minimum Gasteiger partial charge on any atom is -0.493 e. The van der Waals surface area contributed by atoms with E-state index in [0.717, 1.165) is 6.42 Å². The van der Waals surface area contributed by atoms with E-state index in [9.17, 15) is 9.59 Å².